The zero-order valence-electron chi connectivity index (χ0n) is 9.37. The highest BCUT2D eigenvalue weighted by Crippen LogP contribution is 2.12. The van der Waals surface area contributed by atoms with Crippen LogP contribution >= 0.6 is 0 Å². The Hall–Kier alpha value is -0.650. The summed E-state index contributed by atoms with van der Waals surface area (Å²) in [6, 6.07) is 0. The van der Waals surface area contributed by atoms with Crippen molar-refractivity contribution in [2.75, 3.05) is 20.2 Å². The van der Waals surface area contributed by atoms with Gasteiger partial charge in [0.2, 0.25) is 5.91 Å². The Morgan fingerprint density at radius 2 is 2.14 bits per heavy atom. The highest BCUT2D eigenvalue weighted by Gasteiger charge is 2.25. The number of hydrogen-bond acceptors (Lipinski definition) is 4. The Bertz CT molecular complexity index is 194. The van der Waals surface area contributed by atoms with Crippen molar-refractivity contribution >= 4 is 5.91 Å². The van der Waals surface area contributed by atoms with Crippen molar-refractivity contribution in [1.29, 1.82) is 0 Å². The van der Waals surface area contributed by atoms with Gasteiger partial charge in [-0.3, -0.25) is 15.1 Å². The van der Waals surface area contributed by atoms with Crippen LogP contribution in [0.3, 0.4) is 0 Å². The van der Waals surface area contributed by atoms with Crippen LogP contribution in [0.2, 0.25) is 0 Å². The Labute approximate surface area is 85.2 Å². The first-order valence-corrected chi connectivity index (χ1v) is 4.67. The van der Waals surface area contributed by atoms with Crippen LogP contribution < -0.4 is 11.3 Å². The molecule has 0 heterocycles. The summed E-state index contributed by atoms with van der Waals surface area (Å²) in [5, 5.41) is 9.11. The minimum atomic E-state index is -0.316. The first-order chi connectivity index (χ1) is 6.35. The van der Waals surface area contributed by atoms with Gasteiger partial charge in [0.25, 0.3) is 0 Å². The molecule has 0 aromatic heterocycles. The zero-order chi connectivity index (χ0) is 11.4. The third kappa shape index (κ3) is 3.61. The van der Waals surface area contributed by atoms with Crippen LogP contribution in [-0.2, 0) is 4.79 Å². The van der Waals surface area contributed by atoms with E-state index in [0.29, 0.717) is 6.54 Å². The molecule has 0 radical (unpaired) electrons. The smallest absolute Gasteiger partial charge is 0.237 e. The second kappa shape index (κ2) is 5.29. The predicted molar refractivity (Wildman–Crippen MR) is 55.3 cm³/mol. The van der Waals surface area contributed by atoms with Crippen LogP contribution in [0.25, 0.3) is 0 Å². The number of carbonyl (C=O) groups is 1. The molecule has 1 amide bonds. The van der Waals surface area contributed by atoms with Gasteiger partial charge in [0.1, 0.15) is 0 Å². The number of amides is 1. The topological polar surface area (TPSA) is 78.6 Å². The molecule has 0 aliphatic rings. The number of likely N-dealkylation sites (N-methyl/N-ethyl adjacent to an activating group) is 1. The lowest BCUT2D eigenvalue weighted by molar-refractivity contribution is -0.125. The van der Waals surface area contributed by atoms with Crippen molar-refractivity contribution in [1.82, 2.24) is 10.3 Å². The summed E-state index contributed by atoms with van der Waals surface area (Å²) in [6.45, 7) is 6.25. The van der Waals surface area contributed by atoms with Gasteiger partial charge < -0.3 is 5.11 Å². The molecule has 1 atom stereocenters. The first-order valence-electron chi connectivity index (χ1n) is 4.67. The van der Waals surface area contributed by atoms with Gasteiger partial charge in [0, 0.05) is 18.0 Å². The molecule has 84 valence electrons. The number of nitrogens with one attached hydrogen (secondary N) is 1. The predicted octanol–water partition coefficient (Wildman–Crippen LogP) is -0.685. The fraction of sp³-hybridized carbons (Fsp3) is 0.889. The maximum absolute atomic E-state index is 11.1. The number of aliphatic hydroxyl groups is 1. The molecule has 0 aliphatic carbocycles. The lowest BCUT2D eigenvalue weighted by atomic mass is 10.0. The van der Waals surface area contributed by atoms with E-state index < -0.39 is 0 Å². The zero-order valence-corrected chi connectivity index (χ0v) is 9.37. The number of nitrogens with two attached hydrogens (primary N) is 1. The summed E-state index contributed by atoms with van der Waals surface area (Å²) < 4.78 is 0. The second-order valence-electron chi connectivity index (χ2n) is 4.26. The normalized spacial score (nSPS) is 14.2. The van der Waals surface area contributed by atoms with Gasteiger partial charge >= 0.3 is 0 Å². The van der Waals surface area contributed by atoms with E-state index in [1.807, 2.05) is 25.8 Å². The summed E-state index contributed by atoms with van der Waals surface area (Å²) in [6.07, 6.45) is 0. The van der Waals surface area contributed by atoms with E-state index in [9.17, 15) is 4.79 Å². The summed E-state index contributed by atoms with van der Waals surface area (Å²) in [4.78, 5) is 13.1. The van der Waals surface area contributed by atoms with Crippen LogP contribution in [0, 0.1) is 5.92 Å². The first kappa shape index (κ1) is 13.4. The van der Waals surface area contributed by atoms with Crippen molar-refractivity contribution in [3.05, 3.63) is 0 Å². The molecule has 0 aliphatic heterocycles. The van der Waals surface area contributed by atoms with Crippen LogP contribution in [0.1, 0.15) is 20.8 Å². The van der Waals surface area contributed by atoms with E-state index in [2.05, 4.69) is 5.43 Å². The molecule has 1 unspecified atom stereocenters. The third-order valence-corrected chi connectivity index (χ3v) is 2.56. The van der Waals surface area contributed by atoms with Crippen LogP contribution in [-0.4, -0.2) is 41.7 Å². The van der Waals surface area contributed by atoms with E-state index in [-0.39, 0.29) is 24.0 Å². The molecule has 0 aromatic rings. The van der Waals surface area contributed by atoms with Crippen molar-refractivity contribution in [3.8, 4) is 0 Å². The van der Waals surface area contributed by atoms with Crippen molar-refractivity contribution in [2.24, 2.45) is 11.8 Å². The Morgan fingerprint density at radius 1 is 1.64 bits per heavy atom. The van der Waals surface area contributed by atoms with Gasteiger partial charge in [-0.1, -0.05) is 6.92 Å². The van der Waals surface area contributed by atoms with Crippen LogP contribution in [0.15, 0.2) is 0 Å². The van der Waals surface area contributed by atoms with Crippen molar-refractivity contribution < 1.29 is 9.90 Å². The Morgan fingerprint density at radius 3 is 2.50 bits per heavy atom. The van der Waals surface area contributed by atoms with Crippen LogP contribution in [0.4, 0.5) is 0 Å². The number of aliphatic hydroxyl groups excluding tert-OH is 1. The van der Waals surface area contributed by atoms with Crippen LogP contribution in [0.5, 0.6) is 0 Å². The molecule has 0 spiro atoms. The molecular formula is C9H21N3O2. The molecule has 5 nitrogen and oxygen atoms in total. The third-order valence-electron chi connectivity index (χ3n) is 2.56. The lowest BCUT2D eigenvalue weighted by Crippen LogP contribution is -2.48. The van der Waals surface area contributed by atoms with Gasteiger partial charge in [0.15, 0.2) is 0 Å². The standard InChI is InChI=1S/C9H21N3O2/c1-7(8(14)11-10)5-12(4)9(2,3)6-13/h7,13H,5-6,10H2,1-4H3,(H,11,14). The van der Waals surface area contributed by atoms with E-state index in [1.54, 1.807) is 6.92 Å². The quantitative estimate of drug-likeness (QED) is 0.314. The van der Waals surface area contributed by atoms with E-state index in [4.69, 9.17) is 10.9 Å². The number of hydrazine groups is 1. The fourth-order valence-corrected chi connectivity index (χ4v) is 1.00. The molecule has 14 heavy (non-hydrogen) atoms. The molecule has 4 N–H and O–H groups in total. The van der Waals surface area contributed by atoms with Gasteiger partial charge in [-0.15, -0.1) is 0 Å². The highest BCUT2D eigenvalue weighted by atomic mass is 16.3. The lowest BCUT2D eigenvalue weighted by Gasteiger charge is -2.35. The average Bonchev–Trinajstić information content (AvgIpc) is 2.16. The van der Waals surface area contributed by atoms with E-state index in [1.165, 1.54) is 0 Å². The molecule has 0 bridgehead atoms. The number of nitrogens with zero attached hydrogens (tertiary/aromatic N) is 1. The minimum Gasteiger partial charge on any atom is -0.394 e. The number of hydrogen-bond donors (Lipinski definition) is 3. The maximum atomic E-state index is 11.1. The van der Waals surface area contributed by atoms with Gasteiger partial charge in [-0.25, -0.2) is 5.84 Å². The summed E-state index contributed by atoms with van der Waals surface area (Å²) in [5.41, 5.74) is 1.80. The average molecular weight is 203 g/mol. The van der Waals surface area contributed by atoms with E-state index in [0.717, 1.165) is 0 Å². The second-order valence-corrected chi connectivity index (χ2v) is 4.26. The van der Waals surface area contributed by atoms with Gasteiger partial charge in [-0.2, -0.15) is 0 Å². The largest absolute Gasteiger partial charge is 0.394 e. The summed E-state index contributed by atoms with van der Waals surface area (Å²) in [7, 11) is 1.87. The maximum Gasteiger partial charge on any atom is 0.237 e. The Balaban J connectivity index is 4.18. The monoisotopic (exact) mass is 203 g/mol. The molecule has 0 saturated carbocycles. The molecule has 0 fully saturated rings. The van der Waals surface area contributed by atoms with Crippen molar-refractivity contribution in [2.45, 2.75) is 26.3 Å². The molecule has 5 heteroatoms. The highest BCUT2D eigenvalue weighted by molar-refractivity contribution is 5.77. The number of carbonyl (C=O) groups excluding carboxylic acids is 1. The minimum absolute atomic E-state index is 0.0560. The summed E-state index contributed by atoms with van der Waals surface area (Å²) >= 11 is 0. The molecule has 0 saturated heterocycles. The molecule has 0 aromatic carbocycles. The number of rotatable bonds is 5. The Kier molecular flexibility index (Phi) is 5.04. The molecular weight excluding hydrogens is 182 g/mol. The van der Waals surface area contributed by atoms with Crippen molar-refractivity contribution in [3.63, 3.8) is 0 Å². The van der Waals surface area contributed by atoms with Gasteiger partial charge in [-0.05, 0) is 20.9 Å². The van der Waals surface area contributed by atoms with E-state index >= 15 is 0 Å². The fourth-order valence-electron chi connectivity index (χ4n) is 1.00. The SMILES string of the molecule is CC(CN(C)C(C)(C)CO)C(=O)NN. The molecule has 0 rings (SSSR count). The summed E-state index contributed by atoms with van der Waals surface area (Å²) in [5.74, 6) is 4.65. The van der Waals surface area contributed by atoms with Gasteiger partial charge in [0.05, 0.1) is 6.61 Å².